The van der Waals surface area contributed by atoms with E-state index >= 15 is 0 Å². The Labute approximate surface area is 194 Å². The van der Waals surface area contributed by atoms with Crippen LogP contribution in [0.2, 0.25) is 0 Å². The molecule has 0 saturated carbocycles. The lowest BCUT2D eigenvalue weighted by atomic mass is 10.00. The van der Waals surface area contributed by atoms with Gasteiger partial charge in [-0.1, -0.05) is 59.8 Å². The third-order valence-electron chi connectivity index (χ3n) is 5.44. The summed E-state index contributed by atoms with van der Waals surface area (Å²) in [5.74, 6) is -0.121. The number of aliphatic hydroxyl groups excluding tert-OH is 1. The van der Waals surface area contributed by atoms with Crippen molar-refractivity contribution in [1.29, 1.82) is 0 Å². The Morgan fingerprint density at radius 2 is 1.56 bits per heavy atom. The van der Waals surface area contributed by atoms with Crippen molar-refractivity contribution in [3.8, 4) is 28.1 Å². The maximum atomic E-state index is 13.8. The normalized spacial score (nSPS) is 13.5. The van der Waals surface area contributed by atoms with E-state index in [9.17, 15) is 18.3 Å². The average molecular weight is 468 g/mol. The van der Waals surface area contributed by atoms with Crippen LogP contribution in [0.3, 0.4) is 0 Å². The topological polar surface area (TPSA) is 81.5 Å². The average Bonchev–Trinajstić information content (AvgIpc) is 3.34. The summed E-state index contributed by atoms with van der Waals surface area (Å²) in [7, 11) is 0. The molecule has 176 valence electrons. The summed E-state index contributed by atoms with van der Waals surface area (Å²) in [4.78, 5) is 0. The van der Waals surface area contributed by atoms with Gasteiger partial charge in [0.05, 0.1) is 17.7 Å². The molecule has 3 N–H and O–H groups in total. The van der Waals surface area contributed by atoms with Crippen molar-refractivity contribution < 1.29 is 27.5 Å². The number of halogens is 3. The molecule has 0 amide bonds. The van der Waals surface area contributed by atoms with Gasteiger partial charge in [0.1, 0.15) is 18.1 Å². The Bertz CT molecular complexity index is 1250. The standard InChI is InChI=1S/C26H23F3N2O3/c1-25(30,16-32)24-14-22(31-34-24)20-11-12-23(21(13-20)26(27,28)29)33-15-17-7-9-19(10-8-17)18-5-3-2-4-6-18/h2-14,32H,15-16,30H2,1H3/t25-/m0/s1. The van der Waals surface area contributed by atoms with Crippen LogP contribution in [-0.2, 0) is 18.3 Å². The summed E-state index contributed by atoms with van der Waals surface area (Å²) in [6.45, 7) is 1.10. The highest BCUT2D eigenvalue weighted by Crippen LogP contribution is 2.39. The van der Waals surface area contributed by atoms with Crippen LogP contribution < -0.4 is 10.5 Å². The second-order valence-corrected chi connectivity index (χ2v) is 8.21. The quantitative estimate of drug-likeness (QED) is 0.360. The number of hydrogen-bond donors (Lipinski definition) is 2. The smallest absolute Gasteiger partial charge is 0.419 e. The van der Waals surface area contributed by atoms with Crippen molar-refractivity contribution in [2.24, 2.45) is 5.73 Å². The number of nitrogens with two attached hydrogens (primary N) is 1. The molecule has 3 aromatic carbocycles. The molecule has 1 heterocycles. The van der Waals surface area contributed by atoms with E-state index in [1.54, 1.807) is 0 Å². The molecule has 8 heteroatoms. The van der Waals surface area contributed by atoms with Gasteiger partial charge >= 0.3 is 6.18 Å². The SMILES string of the molecule is C[C@](N)(CO)c1cc(-c2ccc(OCc3ccc(-c4ccccc4)cc3)c(C(F)(F)F)c2)no1. The molecule has 0 aliphatic carbocycles. The minimum Gasteiger partial charge on any atom is -0.488 e. The Morgan fingerprint density at radius 3 is 2.21 bits per heavy atom. The van der Waals surface area contributed by atoms with Gasteiger partial charge in [0.15, 0.2) is 5.76 Å². The second-order valence-electron chi connectivity index (χ2n) is 8.21. The molecule has 4 rings (SSSR count). The number of benzene rings is 3. The lowest BCUT2D eigenvalue weighted by Gasteiger charge is -2.16. The maximum absolute atomic E-state index is 13.8. The zero-order valence-corrected chi connectivity index (χ0v) is 18.3. The van der Waals surface area contributed by atoms with E-state index < -0.39 is 23.9 Å². The second kappa shape index (κ2) is 9.32. The number of ether oxygens (including phenoxy) is 1. The molecule has 0 saturated heterocycles. The van der Waals surface area contributed by atoms with Crippen molar-refractivity contribution in [3.05, 3.63) is 95.7 Å². The molecular formula is C26H23F3N2O3. The largest absolute Gasteiger partial charge is 0.488 e. The van der Waals surface area contributed by atoms with E-state index in [2.05, 4.69) is 5.16 Å². The fourth-order valence-electron chi connectivity index (χ4n) is 3.38. The van der Waals surface area contributed by atoms with Crippen LogP contribution in [0.1, 0.15) is 23.8 Å². The van der Waals surface area contributed by atoms with Crippen LogP contribution in [0.4, 0.5) is 13.2 Å². The third-order valence-corrected chi connectivity index (χ3v) is 5.44. The molecule has 34 heavy (non-hydrogen) atoms. The Hall–Kier alpha value is -3.62. The monoisotopic (exact) mass is 468 g/mol. The van der Waals surface area contributed by atoms with Gasteiger partial charge in [-0.3, -0.25) is 0 Å². The van der Waals surface area contributed by atoms with Gasteiger partial charge in [-0.25, -0.2) is 0 Å². The number of alkyl halides is 3. The first-order valence-electron chi connectivity index (χ1n) is 10.5. The summed E-state index contributed by atoms with van der Waals surface area (Å²) < 4.78 is 52.0. The highest BCUT2D eigenvalue weighted by atomic mass is 19.4. The lowest BCUT2D eigenvalue weighted by Crippen LogP contribution is -2.36. The highest BCUT2D eigenvalue weighted by molar-refractivity contribution is 5.64. The van der Waals surface area contributed by atoms with Crippen molar-refractivity contribution in [3.63, 3.8) is 0 Å². The molecule has 0 fully saturated rings. The van der Waals surface area contributed by atoms with E-state index in [1.807, 2.05) is 54.6 Å². The highest BCUT2D eigenvalue weighted by Gasteiger charge is 2.35. The van der Waals surface area contributed by atoms with Crippen LogP contribution in [0.25, 0.3) is 22.4 Å². The van der Waals surface area contributed by atoms with Crippen LogP contribution in [0, 0.1) is 0 Å². The van der Waals surface area contributed by atoms with E-state index in [4.69, 9.17) is 15.0 Å². The number of aromatic nitrogens is 1. The van der Waals surface area contributed by atoms with Gasteiger partial charge in [0.25, 0.3) is 0 Å². The molecule has 0 radical (unpaired) electrons. The molecule has 4 aromatic rings. The zero-order chi connectivity index (χ0) is 24.3. The minimum atomic E-state index is -4.64. The van der Waals surface area contributed by atoms with Gasteiger partial charge in [0, 0.05) is 11.6 Å². The fourth-order valence-corrected chi connectivity index (χ4v) is 3.38. The van der Waals surface area contributed by atoms with Crippen molar-refractivity contribution in [2.75, 3.05) is 6.61 Å². The number of hydrogen-bond acceptors (Lipinski definition) is 5. The first-order valence-corrected chi connectivity index (χ1v) is 10.5. The summed E-state index contributed by atoms with van der Waals surface area (Å²) in [5, 5.41) is 13.2. The molecule has 0 aliphatic rings. The molecule has 0 unspecified atom stereocenters. The molecule has 1 aromatic heterocycles. The Morgan fingerprint density at radius 1 is 0.912 bits per heavy atom. The van der Waals surface area contributed by atoms with Gasteiger partial charge in [-0.2, -0.15) is 13.2 Å². The molecule has 0 spiro atoms. The summed E-state index contributed by atoms with van der Waals surface area (Å²) in [5.41, 5.74) is 6.95. The van der Waals surface area contributed by atoms with Crippen LogP contribution >= 0.6 is 0 Å². The van der Waals surface area contributed by atoms with Crippen molar-refractivity contribution in [1.82, 2.24) is 5.16 Å². The van der Waals surface area contributed by atoms with Crippen molar-refractivity contribution >= 4 is 0 Å². The summed E-state index contributed by atoms with van der Waals surface area (Å²) in [6.07, 6.45) is -4.64. The predicted molar refractivity (Wildman–Crippen MR) is 122 cm³/mol. The van der Waals surface area contributed by atoms with E-state index in [0.29, 0.717) is 0 Å². The van der Waals surface area contributed by atoms with Crippen molar-refractivity contribution in [2.45, 2.75) is 25.2 Å². The van der Waals surface area contributed by atoms with Gasteiger partial charge in [-0.05, 0) is 41.8 Å². The first kappa shape index (κ1) is 23.5. The molecule has 0 bridgehead atoms. The molecule has 1 atom stereocenters. The van der Waals surface area contributed by atoms with E-state index in [-0.39, 0.29) is 29.4 Å². The molecule has 0 aliphatic heterocycles. The van der Waals surface area contributed by atoms with Gasteiger partial charge in [-0.15, -0.1) is 0 Å². The van der Waals surface area contributed by atoms with E-state index in [0.717, 1.165) is 22.8 Å². The molecule has 5 nitrogen and oxygen atoms in total. The molecular weight excluding hydrogens is 445 g/mol. The predicted octanol–water partition coefficient (Wildman–Crippen LogP) is 5.77. The Kier molecular flexibility index (Phi) is 6.45. The number of aliphatic hydroxyl groups is 1. The number of nitrogens with zero attached hydrogens (tertiary/aromatic N) is 1. The Balaban J connectivity index is 1.54. The zero-order valence-electron chi connectivity index (χ0n) is 18.3. The van der Waals surface area contributed by atoms with E-state index in [1.165, 1.54) is 25.1 Å². The first-order chi connectivity index (χ1) is 16.2. The lowest BCUT2D eigenvalue weighted by molar-refractivity contribution is -0.139. The van der Waals surface area contributed by atoms with Crippen LogP contribution in [0.5, 0.6) is 5.75 Å². The van der Waals surface area contributed by atoms with Crippen LogP contribution in [-0.4, -0.2) is 16.9 Å². The summed E-state index contributed by atoms with van der Waals surface area (Å²) in [6, 6.07) is 22.4. The fraction of sp³-hybridized carbons (Fsp3) is 0.192. The van der Waals surface area contributed by atoms with Gasteiger partial charge in [0.2, 0.25) is 0 Å². The maximum Gasteiger partial charge on any atom is 0.419 e. The minimum absolute atomic E-state index is 0.0202. The summed E-state index contributed by atoms with van der Waals surface area (Å²) >= 11 is 0. The number of rotatable bonds is 7. The van der Waals surface area contributed by atoms with Crippen LogP contribution in [0.15, 0.2) is 83.4 Å². The third kappa shape index (κ3) is 5.13. The van der Waals surface area contributed by atoms with Gasteiger partial charge < -0.3 is 20.1 Å².